The van der Waals surface area contributed by atoms with Gasteiger partial charge in [0.2, 0.25) is 5.91 Å². The van der Waals surface area contributed by atoms with Crippen molar-refractivity contribution < 1.29 is 9.59 Å². The third kappa shape index (κ3) is 2.78. The van der Waals surface area contributed by atoms with Gasteiger partial charge in [-0.05, 0) is 36.5 Å². The summed E-state index contributed by atoms with van der Waals surface area (Å²) in [4.78, 5) is 35.9. The molecule has 7 heteroatoms. The fourth-order valence-electron chi connectivity index (χ4n) is 5.78. The molecule has 1 spiro atoms. The number of pyridine rings is 1. The number of amides is 1. The van der Waals surface area contributed by atoms with Gasteiger partial charge in [0.1, 0.15) is 17.3 Å². The molecule has 7 nitrogen and oxygen atoms in total. The summed E-state index contributed by atoms with van der Waals surface area (Å²) in [5, 5.41) is 10.5. The van der Waals surface area contributed by atoms with E-state index < -0.39 is 5.41 Å². The summed E-state index contributed by atoms with van der Waals surface area (Å²) >= 11 is 0. The van der Waals surface area contributed by atoms with Crippen LogP contribution in [0.2, 0.25) is 0 Å². The van der Waals surface area contributed by atoms with Crippen molar-refractivity contribution >= 4 is 23.1 Å². The van der Waals surface area contributed by atoms with Crippen LogP contribution in [0.15, 0.2) is 71.5 Å². The number of aromatic nitrogens is 1. The van der Waals surface area contributed by atoms with E-state index in [4.69, 9.17) is 5.73 Å². The van der Waals surface area contributed by atoms with Gasteiger partial charge in [-0.3, -0.25) is 19.5 Å². The number of nitriles is 1. The fourth-order valence-corrected chi connectivity index (χ4v) is 5.78. The van der Waals surface area contributed by atoms with Crippen LogP contribution in [0.3, 0.4) is 0 Å². The topological polar surface area (TPSA) is 103 Å². The molecule has 1 amide bonds. The molecule has 0 radical (unpaired) electrons. The minimum atomic E-state index is -1.54. The molecular formula is C27H27N5O2. The largest absolute Gasteiger partial charge is 0.384 e. The predicted octanol–water partition coefficient (Wildman–Crippen LogP) is 3.93. The molecule has 3 heterocycles. The number of carbonyl (C=O) groups is 2. The summed E-state index contributed by atoms with van der Waals surface area (Å²) in [6, 6.07) is 13.3. The van der Waals surface area contributed by atoms with Crippen LogP contribution in [0.4, 0.5) is 11.4 Å². The molecule has 2 N–H and O–H groups in total. The van der Waals surface area contributed by atoms with E-state index in [0.29, 0.717) is 35.5 Å². The van der Waals surface area contributed by atoms with Crippen LogP contribution in [-0.4, -0.2) is 23.2 Å². The minimum absolute atomic E-state index is 0.0965. The Kier molecular flexibility index (Phi) is 4.87. The zero-order chi connectivity index (χ0) is 24.3. The van der Waals surface area contributed by atoms with Gasteiger partial charge in [-0.1, -0.05) is 39.0 Å². The van der Waals surface area contributed by atoms with Gasteiger partial charge in [0, 0.05) is 41.7 Å². The van der Waals surface area contributed by atoms with E-state index in [-0.39, 0.29) is 34.9 Å². The highest BCUT2D eigenvalue weighted by atomic mass is 16.2. The number of para-hydroxylation sites is 1. The molecule has 5 rings (SSSR count). The third-order valence-corrected chi connectivity index (χ3v) is 7.00. The van der Waals surface area contributed by atoms with E-state index in [1.165, 1.54) is 0 Å². The predicted molar refractivity (Wildman–Crippen MR) is 129 cm³/mol. The van der Waals surface area contributed by atoms with Gasteiger partial charge in [0.15, 0.2) is 5.78 Å². The van der Waals surface area contributed by atoms with Crippen molar-refractivity contribution in [3.05, 3.63) is 77.0 Å². The smallest absolute Gasteiger partial charge is 0.247 e. The lowest BCUT2D eigenvalue weighted by Gasteiger charge is -2.46. The van der Waals surface area contributed by atoms with E-state index in [2.05, 4.69) is 11.1 Å². The average molecular weight is 454 g/mol. The van der Waals surface area contributed by atoms with Crippen LogP contribution >= 0.6 is 0 Å². The quantitative estimate of drug-likeness (QED) is 0.755. The highest BCUT2D eigenvalue weighted by Crippen LogP contribution is 2.58. The first-order valence-corrected chi connectivity index (χ1v) is 11.6. The highest BCUT2D eigenvalue weighted by Gasteiger charge is 2.63. The van der Waals surface area contributed by atoms with Crippen LogP contribution in [0.25, 0.3) is 0 Å². The Morgan fingerprint density at radius 2 is 1.91 bits per heavy atom. The third-order valence-electron chi connectivity index (χ3n) is 7.00. The van der Waals surface area contributed by atoms with E-state index in [1.807, 2.05) is 51.1 Å². The van der Waals surface area contributed by atoms with Crippen LogP contribution in [-0.2, 0) is 15.0 Å². The van der Waals surface area contributed by atoms with Crippen molar-refractivity contribution in [1.82, 2.24) is 4.98 Å². The van der Waals surface area contributed by atoms with Crippen molar-refractivity contribution in [2.75, 3.05) is 16.3 Å². The molecule has 0 saturated heterocycles. The molecule has 2 aromatic rings. The van der Waals surface area contributed by atoms with E-state index in [1.54, 1.807) is 28.3 Å². The molecule has 0 fully saturated rings. The lowest BCUT2D eigenvalue weighted by atomic mass is 9.60. The van der Waals surface area contributed by atoms with Crippen molar-refractivity contribution in [2.45, 2.75) is 45.4 Å². The molecule has 3 aliphatic rings. The number of rotatable bonds is 3. The number of nitrogens with two attached hydrogens (primary N) is 1. The molecular weight excluding hydrogens is 426 g/mol. The molecule has 1 aromatic heterocycles. The second-order valence-electron chi connectivity index (χ2n) is 9.91. The zero-order valence-electron chi connectivity index (χ0n) is 19.6. The number of Topliss-reactive ketones (excluding diaryl/α,β-unsaturated/α-hetero) is 1. The highest BCUT2D eigenvalue weighted by molar-refractivity contribution is 6.20. The van der Waals surface area contributed by atoms with Gasteiger partial charge in [-0.25, -0.2) is 0 Å². The summed E-state index contributed by atoms with van der Waals surface area (Å²) in [5.41, 5.74) is 8.06. The minimum Gasteiger partial charge on any atom is -0.384 e. The maximum absolute atomic E-state index is 14.3. The van der Waals surface area contributed by atoms with Gasteiger partial charge in [-0.2, -0.15) is 5.26 Å². The lowest BCUT2D eigenvalue weighted by Crippen LogP contribution is -2.54. The molecule has 1 aromatic carbocycles. The van der Waals surface area contributed by atoms with Crippen molar-refractivity contribution in [3.63, 3.8) is 0 Å². The SMILES string of the molecule is CCCN1C(=O)C2(C(C#N)=C(N)N(c3cccnc3)C3=C2C(=O)CC(C)(C)C3)c2ccccc21. The monoisotopic (exact) mass is 453 g/mol. The summed E-state index contributed by atoms with van der Waals surface area (Å²) in [6.07, 6.45) is 4.88. The maximum atomic E-state index is 14.3. The van der Waals surface area contributed by atoms with Gasteiger partial charge in [0.25, 0.3) is 0 Å². The van der Waals surface area contributed by atoms with Crippen LogP contribution < -0.4 is 15.5 Å². The molecule has 172 valence electrons. The Bertz CT molecular complexity index is 1320. The number of anilines is 2. The van der Waals surface area contributed by atoms with Gasteiger partial charge in [-0.15, -0.1) is 0 Å². The first-order valence-electron chi connectivity index (χ1n) is 11.6. The van der Waals surface area contributed by atoms with E-state index in [0.717, 1.165) is 12.1 Å². The van der Waals surface area contributed by atoms with Gasteiger partial charge in [0.05, 0.1) is 17.5 Å². The summed E-state index contributed by atoms with van der Waals surface area (Å²) < 4.78 is 0. The molecule has 0 saturated carbocycles. The number of fused-ring (bicyclic) bond motifs is 3. The molecule has 34 heavy (non-hydrogen) atoms. The van der Waals surface area contributed by atoms with Crippen molar-refractivity contribution in [1.29, 1.82) is 5.26 Å². The molecule has 2 aliphatic heterocycles. The van der Waals surface area contributed by atoms with Crippen molar-refractivity contribution in [2.24, 2.45) is 11.1 Å². The summed E-state index contributed by atoms with van der Waals surface area (Å²) in [6.45, 7) is 6.57. The average Bonchev–Trinajstić information content (AvgIpc) is 3.03. The van der Waals surface area contributed by atoms with Crippen LogP contribution in [0.5, 0.6) is 0 Å². The fraction of sp³-hybridized carbons (Fsp3) is 0.333. The molecule has 1 aliphatic carbocycles. The second-order valence-corrected chi connectivity index (χ2v) is 9.91. The molecule has 0 bridgehead atoms. The summed E-state index contributed by atoms with van der Waals surface area (Å²) in [5.74, 6) is -0.232. The number of hydrogen-bond donors (Lipinski definition) is 1. The Morgan fingerprint density at radius 1 is 1.15 bits per heavy atom. The Labute approximate surface area is 199 Å². The number of allylic oxidation sites excluding steroid dienone is 1. The first-order chi connectivity index (χ1) is 16.3. The zero-order valence-corrected chi connectivity index (χ0v) is 19.6. The standard InChI is InChI=1S/C27H27N5O2/c1-4-12-31-20-10-6-5-9-18(20)27(25(31)34)19(15-28)24(29)32(17-8-7-11-30-16-17)21-13-26(2,3)14-22(33)23(21)27/h5-11,16H,4,12-14,29H2,1-3H3. The number of ketones is 1. The maximum Gasteiger partial charge on any atom is 0.247 e. The Hall–Kier alpha value is -3.92. The van der Waals surface area contributed by atoms with Crippen LogP contribution in [0, 0.1) is 16.7 Å². The number of benzene rings is 1. The molecule has 1 unspecified atom stereocenters. The normalized spacial score (nSPS) is 23.4. The molecule has 1 atom stereocenters. The second kappa shape index (κ2) is 7.56. The van der Waals surface area contributed by atoms with Gasteiger partial charge >= 0.3 is 0 Å². The van der Waals surface area contributed by atoms with Crippen molar-refractivity contribution in [3.8, 4) is 6.07 Å². The lowest BCUT2D eigenvalue weighted by molar-refractivity contribution is -0.125. The van der Waals surface area contributed by atoms with Gasteiger partial charge < -0.3 is 10.6 Å². The number of carbonyl (C=O) groups excluding carboxylic acids is 2. The Balaban J connectivity index is 1.90. The number of hydrogen-bond acceptors (Lipinski definition) is 6. The van der Waals surface area contributed by atoms with E-state index >= 15 is 0 Å². The Morgan fingerprint density at radius 3 is 2.59 bits per heavy atom. The van der Waals surface area contributed by atoms with E-state index in [9.17, 15) is 14.9 Å². The number of nitrogens with zero attached hydrogens (tertiary/aromatic N) is 4. The first kappa shape index (κ1) is 21.9. The van der Waals surface area contributed by atoms with Crippen LogP contribution in [0.1, 0.15) is 45.6 Å². The summed E-state index contributed by atoms with van der Waals surface area (Å²) in [7, 11) is 0.